The first-order valence-electron chi connectivity index (χ1n) is 8.66. The molecule has 0 spiro atoms. The number of benzene rings is 1. The fourth-order valence-corrected chi connectivity index (χ4v) is 2.72. The predicted molar refractivity (Wildman–Crippen MR) is 99.0 cm³/mol. The van der Waals surface area contributed by atoms with Gasteiger partial charge in [0, 0.05) is 18.8 Å². The number of amides is 2. The minimum atomic E-state index is -0.0345. The molecule has 7 heteroatoms. The van der Waals surface area contributed by atoms with Crippen LogP contribution in [0.1, 0.15) is 18.4 Å². The molecule has 25 heavy (non-hydrogen) atoms. The molecule has 1 saturated carbocycles. The van der Waals surface area contributed by atoms with Crippen LogP contribution in [0, 0.1) is 5.92 Å². The number of ether oxygens (including phenoxy) is 1. The van der Waals surface area contributed by atoms with E-state index in [1.807, 2.05) is 29.2 Å². The first-order chi connectivity index (χ1) is 11.7. The van der Waals surface area contributed by atoms with Crippen LogP contribution in [0.5, 0.6) is 0 Å². The average Bonchev–Trinajstić information content (AvgIpc) is 3.42. The van der Waals surface area contributed by atoms with Crippen molar-refractivity contribution < 1.29 is 14.3 Å². The highest BCUT2D eigenvalue weighted by atomic mass is 35.5. The number of hydrogen-bond acceptors (Lipinski definition) is 4. The Morgan fingerprint density at radius 3 is 2.44 bits per heavy atom. The van der Waals surface area contributed by atoms with Gasteiger partial charge in [0.1, 0.15) is 0 Å². The van der Waals surface area contributed by atoms with E-state index < -0.39 is 0 Å². The topological polar surface area (TPSA) is 70.7 Å². The molecule has 1 aliphatic heterocycles. The molecule has 6 nitrogen and oxygen atoms in total. The molecule has 2 fully saturated rings. The van der Waals surface area contributed by atoms with E-state index in [1.54, 1.807) is 0 Å². The Hall–Kier alpha value is -1.63. The van der Waals surface area contributed by atoms with E-state index in [-0.39, 0.29) is 24.2 Å². The van der Waals surface area contributed by atoms with Crippen molar-refractivity contribution in [1.82, 2.24) is 10.2 Å². The van der Waals surface area contributed by atoms with E-state index >= 15 is 0 Å². The standard InChI is InChI=1S/C18H25N3O3.ClH/c22-17(13-19-12-15-1-2-15)20-16-5-3-14(4-6-16)11-18(23)21-7-9-24-10-8-21;/h3-6,15,19H,1-2,7-13H2,(H,20,22);1H. The normalized spacial score (nSPS) is 16.9. The largest absolute Gasteiger partial charge is 0.378 e. The van der Waals surface area contributed by atoms with Crippen LogP contribution in [0.4, 0.5) is 5.69 Å². The summed E-state index contributed by atoms with van der Waals surface area (Å²) in [7, 11) is 0. The zero-order valence-electron chi connectivity index (χ0n) is 14.3. The van der Waals surface area contributed by atoms with Crippen molar-refractivity contribution in [3.05, 3.63) is 29.8 Å². The van der Waals surface area contributed by atoms with Gasteiger partial charge in [-0.25, -0.2) is 0 Å². The maximum absolute atomic E-state index is 12.2. The number of nitrogens with one attached hydrogen (secondary N) is 2. The molecule has 1 aromatic carbocycles. The van der Waals surface area contributed by atoms with Crippen LogP contribution in [0.15, 0.2) is 24.3 Å². The SMILES string of the molecule is Cl.O=C(CNCC1CC1)Nc1ccc(CC(=O)N2CCOCC2)cc1. The van der Waals surface area contributed by atoms with Gasteiger partial charge in [0.25, 0.3) is 0 Å². The highest BCUT2D eigenvalue weighted by molar-refractivity contribution is 5.92. The summed E-state index contributed by atoms with van der Waals surface area (Å²) >= 11 is 0. The smallest absolute Gasteiger partial charge is 0.238 e. The lowest BCUT2D eigenvalue weighted by Gasteiger charge is -2.26. The van der Waals surface area contributed by atoms with E-state index in [0.717, 1.165) is 23.7 Å². The minimum absolute atomic E-state index is 0. The van der Waals surface area contributed by atoms with Gasteiger partial charge < -0.3 is 20.3 Å². The van der Waals surface area contributed by atoms with Crippen LogP contribution in [-0.4, -0.2) is 56.1 Å². The summed E-state index contributed by atoms with van der Waals surface area (Å²) in [6.45, 7) is 3.84. The van der Waals surface area contributed by atoms with Crippen LogP contribution in [0.2, 0.25) is 0 Å². The van der Waals surface area contributed by atoms with Gasteiger partial charge in [-0.05, 0) is 43.0 Å². The van der Waals surface area contributed by atoms with E-state index in [0.29, 0.717) is 39.3 Å². The van der Waals surface area contributed by atoms with Gasteiger partial charge in [0.15, 0.2) is 0 Å². The lowest BCUT2D eigenvalue weighted by atomic mass is 10.1. The Labute approximate surface area is 154 Å². The van der Waals surface area contributed by atoms with Crippen molar-refractivity contribution in [2.24, 2.45) is 5.92 Å². The van der Waals surface area contributed by atoms with E-state index in [2.05, 4.69) is 10.6 Å². The van der Waals surface area contributed by atoms with Crippen LogP contribution < -0.4 is 10.6 Å². The number of carbonyl (C=O) groups excluding carboxylic acids is 2. The quantitative estimate of drug-likeness (QED) is 0.765. The fourth-order valence-electron chi connectivity index (χ4n) is 2.72. The molecule has 2 amide bonds. The first-order valence-corrected chi connectivity index (χ1v) is 8.66. The summed E-state index contributed by atoms with van der Waals surface area (Å²) in [4.78, 5) is 25.9. The Bertz CT molecular complexity index is 569. The van der Waals surface area contributed by atoms with Crippen molar-refractivity contribution >= 4 is 29.9 Å². The second-order valence-electron chi connectivity index (χ2n) is 6.49. The molecule has 0 unspecified atom stereocenters. The predicted octanol–water partition coefficient (Wildman–Crippen LogP) is 1.45. The van der Waals surface area contributed by atoms with Crippen LogP contribution in [-0.2, 0) is 20.7 Å². The number of hydrogen-bond donors (Lipinski definition) is 2. The number of carbonyl (C=O) groups is 2. The van der Waals surface area contributed by atoms with Crippen molar-refractivity contribution in [3.8, 4) is 0 Å². The van der Waals surface area contributed by atoms with Gasteiger partial charge in [-0.3, -0.25) is 9.59 Å². The number of rotatable bonds is 7. The van der Waals surface area contributed by atoms with Crippen molar-refractivity contribution in [2.45, 2.75) is 19.3 Å². The molecule has 0 atom stereocenters. The second-order valence-corrected chi connectivity index (χ2v) is 6.49. The molecule has 1 aliphatic carbocycles. The number of halogens is 1. The summed E-state index contributed by atoms with van der Waals surface area (Å²) in [5.74, 6) is 0.855. The highest BCUT2D eigenvalue weighted by Gasteiger charge is 2.20. The monoisotopic (exact) mass is 367 g/mol. The van der Waals surface area contributed by atoms with Crippen molar-refractivity contribution in [2.75, 3.05) is 44.7 Å². The molecule has 1 heterocycles. The van der Waals surface area contributed by atoms with Gasteiger partial charge in [-0.2, -0.15) is 0 Å². The molecule has 0 aromatic heterocycles. The lowest BCUT2D eigenvalue weighted by molar-refractivity contribution is -0.134. The molecule has 0 bridgehead atoms. The Kier molecular flexibility index (Phi) is 7.68. The summed E-state index contributed by atoms with van der Waals surface area (Å²) in [6.07, 6.45) is 2.94. The maximum Gasteiger partial charge on any atom is 0.238 e. The van der Waals surface area contributed by atoms with Crippen LogP contribution >= 0.6 is 12.4 Å². The van der Waals surface area contributed by atoms with Crippen LogP contribution in [0.3, 0.4) is 0 Å². The third kappa shape index (κ3) is 6.65. The molecule has 2 N–H and O–H groups in total. The lowest BCUT2D eigenvalue weighted by Crippen LogP contribution is -2.41. The van der Waals surface area contributed by atoms with E-state index in [9.17, 15) is 9.59 Å². The Morgan fingerprint density at radius 2 is 1.80 bits per heavy atom. The van der Waals surface area contributed by atoms with E-state index in [1.165, 1.54) is 12.8 Å². The summed E-state index contributed by atoms with van der Waals surface area (Å²) in [5.41, 5.74) is 1.71. The summed E-state index contributed by atoms with van der Waals surface area (Å²) in [5, 5.41) is 6.04. The average molecular weight is 368 g/mol. The second kappa shape index (κ2) is 9.75. The first kappa shape index (κ1) is 19.7. The van der Waals surface area contributed by atoms with Gasteiger partial charge in [0.05, 0.1) is 26.2 Å². The third-order valence-corrected chi connectivity index (χ3v) is 4.37. The Morgan fingerprint density at radius 1 is 1.12 bits per heavy atom. The molecular formula is C18H26ClN3O3. The molecule has 1 aromatic rings. The zero-order chi connectivity index (χ0) is 16.8. The molecule has 138 valence electrons. The number of anilines is 1. The minimum Gasteiger partial charge on any atom is -0.378 e. The number of morpholine rings is 1. The van der Waals surface area contributed by atoms with Crippen molar-refractivity contribution in [3.63, 3.8) is 0 Å². The molecular weight excluding hydrogens is 342 g/mol. The summed E-state index contributed by atoms with van der Waals surface area (Å²) in [6, 6.07) is 7.48. The van der Waals surface area contributed by atoms with Gasteiger partial charge in [-0.1, -0.05) is 12.1 Å². The van der Waals surface area contributed by atoms with Gasteiger partial charge >= 0.3 is 0 Å². The van der Waals surface area contributed by atoms with Gasteiger partial charge in [-0.15, -0.1) is 12.4 Å². The summed E-state index contributed by atoms with van der Waals surface area (Å²) < 4.78 is 5.26. The molecule has 2 aliphatic rings. The van der Waals surface area contributed by atoms with Gasteiger partial charge in [0.2, 0.25) is 11.8 Å². The van der Waals surface area contributed by atoms with Crippen LogP contribution in [0.25, 0.3) is 0 Å². The molecule has 0 radical (unpaired) electrons. The fraction of sp³-hybridized carbons (Fsp3) is 0.556. The third-order valence-electron chi connectivity index (χ3n) is 4.37. The number of nitrogens with zero attached hydrogens (tertiary/aromatic N) is 1. The molecule has 1 saturated heterocycles. The van der Waals surface area contributed by atoms with Crippen molar-refractivity contribution in [1.29, 1.82) is 0 Å². The highest BCUT2D eigenvalue weighted by Crippen LogP contribution is 2.27. The Balaban J connectivity index is 0.00000225. The molecule has 3 rings (SSSR count). The zero-order valence-corrected chi connectivity index (χ0v) is 15.1. The maximum atomic E-state index is 12.2. The van der Waals surface area contributed by atoms with E-state index in [4.69, 9.17) is 4.74 Å².